The van der Waals surface area contributed by atoms with Crippen molar-refractivity contribution in [1.82, 2.24) is 0 Å². The fraction of sp³-hybridized carbons (Fsp3) is 0.889. The van der Waals surface area contributed by atoms with Crippen LogP contribution in [0.3, 0.4) is 0 Å². The molecule has 122 valence electrons. The van der Waals surface area contributed by atoms with Gasteiger partial charge in [0.15, 0.2) is 6.29 Å². The predicted molar refractivity (Wildman–Crippen MR) is 84.9 cm³/mol. The van der Waals surface area contributed by atoms with E-state index in [-0.39, 0.29) is 16.9 Å². The summed E-state index contributed by atoms with van der Waals surface area (Å²) >= 11 is 0. The molecular weight excluding hydrogens is 264 g/mol. The van der Waals surface area contributed by atoms with Crippen molar-refractivity contribution in [2.75, 3.05) is 0 Å². The third kappa shape index (κ3) is 4.54. The molecule has 3 heteroatoms. The van der Waals surface area contributed by atoms with Gasteiger partial charge in [-0.1, -0.05) is 39.3 Å². The number of fused-ring (bicyclic) bond motifs is 2. The molecule has 2 aliphatic rings. The van der Waals surface area contributed by atoms with E-state index in [1.54, 1.807) is 0 Å². The minimum absolute atomic E-state index is 0.0978. The van der Waals surface area contributed by atoms with E-state index in [9.17, 15) is 10.2 Å². The van der Waals surface area contributed by atoms with E-state index in [1.807, 2.05) is 13.8 Å². The Morgan fingerprint density at radius 2 is 2.00 bits per heavy atom. The maximum Gasteiger partial charge on any atom is 0.157 e. The lowest BCUT2D eigenvalue weighted by atomic mass is 9.68. The highest BCUT2D eigenvalue weighted by molar-refractivity contribution is 5.20. The Balaban J connectivity index is 2.05. The number of hydrogen-bond donors (Lipinski definition) is 2. The Morgan fingerprint density at radius 1 is 1.33 bits per heavy atom. The molecule has 0 aromatic carbocycles. The first kappa shape index (κ1) is 17.0. The smallest absolute Gasteiger partial charge is 0.157 e. The number of ether oxygens (including phenoxy) is 1. The summed E-state index contributed by atoms with van der Waals surface area (Å²) < 4.78 is 6.15. The van der Waals surface area contributed by atoms with Crippen LogP contribution in [0.2, 0.25) is 0 Å². The molecule has 0 spiro atoms. The zero-order valence-electron chi connectivity index (χ0n) is 14.3. The van der Waals surface area contributed by atoms with Gasteiger partial charge in [-0.05, 0) is 44.4 Å². The van der Waals surface area contributed by atoms with E-state index < -0.39 is 11.9 Å². The second-order valence-electron chi connectivity index (χ2n) is 8.86. The summed E-state index contributed by atoms with van der Waals surface area (Å²) in [5.41, 5.74) is 0.375. The highest BCUT2D eigenvalue weighted by atomic mass is 16.6. The van der Waals surface area contributed by atoms with Gasteiger partial charge >= 0.3 is 0 Å². The first-order valence-corrected chi connectivity index (χ1v) is 8.27. The lowest BCUT2D eigenvalue weighted by molar-refractivity contribution is -0.234. The number of rotatable bonds is 4. The highest BCUT2D eigenvalue weighted by Gasteiger charge is 2.47. The van der Waals surface area contributed by atoms with Gasteiger partial charge < -0.3 is 14.9 Å². The van der Waals surface area contributed by atoms with Gasteiger partial charge in [0, 0.05) is 12.3 Å². The average molecular weight is 296 g/mol. The first-order chi connectivity index (χ1) is 9.50. The van der Waals surface area contributed by atoms with Gasteiger partial charge in [0.1, 0.15) is 0 Å². The molecule has 3 nitrogen and oxygen atoms in total. The SMILES string of the molecule is CC(CC(C)(C)C)C(O)O[C@@]12CCC=C(CC(C)(O)C1)C2. The number of hydrogen-bond acceptors (Lipinski definition) is 3. The molecule has 0 amide bonds. The van der Waals surface area contributed by atoms with Crippen LogP contribution < -0.4 is 0 Å². The lowest BCUT2D eigenvalue weighted by Gasteiger charge is -2.48. The second kappa shape index (κ2) is 5.68. The molecule has 2 rings (SSSR count). The van der Waals surface area contributed by atoms with E-state index >= 15 is 0 Å². The van der Waals surface area contributed by atoms with Gasteiger partial charge in [0.2, 0.25) is 0 Å². The van der Waals surface area contributed by atoms with E-state index in [0.29, 0.717) is 6.42 Å². The molecule has 0 aromatic rings. The molecule has 0 heterocycles. The quantitative estimate of drug-likeness (QED) is 0.613. The largest absolute Gasteiger partial charge is 0.390 e. The van der Waals surface area contributed by atoms with Crippen LogP contribution in [0.1, 0.15) is 73.1 Å². The van der Waals surface area contributed by atoms with Crippen molar-refractivity contribution in [3.8, 4) is 0 Å². The van der Waals surface area contributed by atoms with Gasteiger partial charge in [-0.15, -0.1) is 0 Å². The Labute approximate surface area is 129 Å². The molecule has 21 heavy (non-hydrogen) atoms. The molecule has 1 fully saturated rings. The first-order valence-electron chi connectivity index (χ1n) is 8.27. The summed E-state index contributed by atoms with van der Waals surface area (Å²) in [4.78, 5) is 0. The summed E-state index contributed by atoms with van der Waals surface area (Å²) in [6.07, 6.45) is 6.52. The Bertz CT molecular complexity index is 405. The van der Waals surface area contributed by atoms with Crippen LogP contribution in [0.15, 0.2) is 11.6 Å². The molecule has 0 aliphatic heterocycles. The van der Waals surface area contributed by atoms with E-state index in [4.69, 9.17) is 4.74 Å². The van der Waals surface area contributed by atoms with Crippen LogP contribution >= 0.6 is 0 Å². The molecule has 0 aromatic heterocycles. The Morgan fingerprint density at radius 3 is 2.62 bits per heavy atom. The summed E-state index contributed by atoms with van der Waals surface area (Å²) in [6, 6.07) is 0. The molecule has 1 saturated carbocycles. The Hall–Kier alpha value is -0.380. The second-order valence-corrected chi connectivity index (χ2v) is 8.86. The van der Waals surface area contributed by atoms with Crippen molar-refractivity contribution in [3.05, 3.63) is 11.6 Å². The third-order valence-corrected chi connectivity index (χ3v) is 4.68. The van der Waals surface area contributed by atoms with Crippen LogP contribution in [-0.2, 0) is 4.74 Å². The standard InChI is InChI=1S/C18H32O3/c1-13(9-16(2,3)4)15(19)21-18-8-6-7-14(11-18)10-17(5,20)12-18/h7,13,15,19-20H,6,8-12H2,1-5H3/t13?,15?,17?,18-/m1/s1. The van der Waals surface area contributed by atoms with Crippen LogP contribution in [0, 0.1) is 11.3 Å². The molecular formula is C18H32O3. The minimum atomic E-state index is -0.752. The zero-order chi connectivity index (χ0) is 15.9. The molecule has 3 unspecified atom stereocenters. The topological polar surface area (TPSA) is 49.7 Å². The summed E-state index contributed by atoms with van der Waals surface area (Å²) in [5.74, 6) is 0.0978. The molecule has 2 aliphatic carbocycles. The van der Waals surface area contributed by atoms with Crippen LogP contribution in [0.5, 0.6) is 0 Å². The fourth-order valence-electron chi connectivity index (χ4n) is 4.23. The monoisotopic (exact) mass is 296 g/mol. The number of aliphatic hydroxyl groups is 2. The van der Waals surface area contributed by atoms with Gasteiger partial charge in [-0.25, -0.2) is 0 Å². The van der Waals surface area contributed by atoms with Crippen molar-refractivity contribution in [3.63, 3.8) is 0 Å². The maximum absolute atomic E-state index is 10.5. The Kier molecular flexibility index (Phi) is 4.59. The van der Waals surface area contributed by atoms with Crippen LogP contribution in [0.25, 0.3) is 0 Å². The third-order valence-electron chi connectivity index (χ3n) is 4.68. The van der Waals surface area contributed by atoms with Gasteiger partial charge in [0.25, 0.3) is 0 Å². The molecule has 4 atom stereocenters. The fourth-order valence-corrected chi connectivity index (χ4v) is 4.23. The summed E-state index contributed by atoms with van der Waals surface area (Å²) in [7, 11) is 0. The van der Waals surface area contributed by atoms with Crippen LogP contribution in [0.4, 0.5) is 0 Å². The van der Waals surface area contributed by atoms with Gasteiger partial charge in [0.05, 0.1) is 11.2 Å². The van der Waals surface area contributed by atoms with Crippen molar-refractivity contribution in [1.29, 1.82) is 0 Å². The molecule has 0 radical (unpaired) electrons. The van der Waals surface area contributed by atoms with E-state index in [2.05, 4.69) is 26.8 Å². The molecule has 2 bridgehead atoms. The van der Waals surface area contributed by atoms with Crippen molar-refractivity contribution < 1.29 is 14.9 Å². The summed E-state index contributed by atoms with van der Waals surface area (Å²) in [6.45, 7) is 10.5. The highest BCUT2D eigenvalue weighted by Crippen LogP contribution is 2.47. The zero-order valence-corrected chi connectivity index (χ0v) is 14.3. The minimum Gasteiger partial charge on any atom is -0.390 e. The number of aliphatic hydroxyl groups excluding tert-OH is 1. The van der Waals surface area contributed by atoms with Gasteiger partial charge in [-0.3, -0.25) is 0 Å². The maximum atomic E-state index is 10.5. The summed E-state index contributed by atoms with van der Waals surface area (Å²) in [5, 5.41) is 21.0. The average Bonchev–Trinajstić information content (AvgIpc) is 2.23. The molecule has 2 N–H and O–H groups in total. The molecule has 0 saturated heterocycles. The normalized spacial score (nSPS) is 36.0. The van der Waals surface area contributed by atoms with Crippen LogP contribution in [-0.4, -0.2) is 27.7 Å². The van der Waals surface area contributed by atoms with Crippen molar-refractivity contribution >= 4 is 0 Å². The predicted octanol–water partition coefficient (Wildman–Crippen LogP) is 3.79. The van der Waals surface area contributed by atoms with Gasteiger partial charge in [-0.2, -0.15) is 0 Å². The number of allylic oxidation sites excluding steroid dienone is 1. The van der Waals surface area contributed by atoms with E-state index in [1.165, 1.54) is 5.57 Å². The van der Waals surface area contributed by atoms with Crippen molar-refractivity contribution in [2.24, 2.45) is 11.3 Å². The van der Waals surface area contributed by atoms with E-state index in [0.717, 1.165) is 32.1 Å². The van der Waals surface area contributed by atoms with Crippen molar-refractivity contribution in [2.45, 2.75) is 90.6 Å². The lowest BCUT2D eigenvalue weighted by Crippen LogP contribution is -2.50.